The first-order valence-electron chi connectivity index (χ1n) is 11.4. The Morgan fingerprint density at radius 2 is 1.39 bits per heavy atom. The molecule has 0 spiro atoms. The molecule has 0 aliphatic rings. The van der Waals surface area contributed by atoms with Crippen molar-refractivity contribution in [3.05, 3.63) is 89.5 Å². The number of aryl methyl sites for hydroxylation is 1. The number of hydrogen-bond donors (Lipinski definition) is 2. The molecule has 0 atom stereocenters. The van der Waals surface area contributed by atoms with Gasteiger partial charge in [-0.3, -0.25) is 4.79 Å². The second kappa shape index (κ2) is 10.9. The number of likely N-dealkylation sites (N-methyl/N-ethyl adjacent to an activating group) is 1. The van der Waals surface area contributed by atoms with Crippen molar-refractivity contribution in [2.24, 2.45) is 0 Å². The molecule has 33 heavy (non-hydrogen) atoms. The van der Waals surface area contributed by atoms with Crippen molar-refractivity contribution in [1.82, 2.24) is 0 Å². The first kappa shape index (κ1) is 24.2. The highest BCUT2D eigenvalue weighted by Gasteiger charge is 2.30. The van der Waals surface area contributed by atoms with Gasteiger partial charge in [0, 0.05) is 24.1 Å². The lowest BCUT2D eigenvalue weighted by molar-refractivity contribution is -0.143. The van der Waals surface area contributed by atoms with Crippen LogP contribution in [0.5, 0.6) is 11.5 Å². The highest BCUT2D eigenvalue weighted by atomic mass is 16.5. The highest BCUT2D eigenvalue weighted by molar-refractivity contribution is 5.69. The molecule has 0 saturated heterocycles. The topological polar surface area (TPSA) is 70.0 Å². The molecule has 5 nitrogen and oxygen atoms in total. The molecule has 0 aliphatic heterocycles. The summed E-state index contributed by atoms with van der Waals surface area (Å²) in [4.78, 5) is 14.8. The fourth-order valence-corrected chi connectivity index (χ4v) is 4.03. The number of anilines is 1. The second-order valence-corrected chi connectivity index (χ2v) is 8.56. The summed E-state index contributed by atoms with van der Waals surface area (Å²) in [5.74, 6) is 0.152. The van der Waals surface area contributed by atoms with Gasteiger partial charge in [0.2, 0.25) is 0 Å². The Morgan fingerprint density at radius 1 is 0.879 bits per heavy atom. The number of aromatic hydroxyl groups is 2. The summed E-state index contributed by atoms with van der Waals surface area (Å²) >= 11 is 0. The molecular weight excluding hydrogens is 414 g/mol. The number of benzene rings is 3. The molecule has 0 amide bonds. The number of phenols is 2. The number of rotatable bonds is 10. The third-order valence-electron chi connectivity index (χ3n) is 6.24. The molecule has 3 aromatic rings. The number of phenolic OH excluding ortho intramolecular Hbond substituents is 2. The second-order valence-electron chi connectivity index (χ2n) is 8.56. The van der Waals surface area contributed by atoms with Gasteiger partial charge in [0.25, 0.3) is 0 Å². The zero-order valence-corrected chi connectivity index (χ0v) is 19.6. The van der Waals surface area contributed by atoms with Crippen molar-refractivity contribution < 1.29 is 19.7 Å². The molecule has 174 valence electrons. The third-order valence-corrected chi connectivity index (χ3v) is 6.24. The van der Waals surface area contributed by atoms with E-state index in [0.29, 0.717) is 19.6 Å². The van der Waals surface area contributed by atoms with Crippen LogP contribution in [0.15, 0.2) is 72.8 Å². The Labute approximate surface area is 196 Å². The zero-order valence-electron chi connectivity index (χ0n) is 19.6. The minimum absolute atomic E-state index is 0.195. The SMILES string of the molecule is CCN(CCOC(=O)CCC(C)(c1ccc(O)cc1)c1ccc(O)cc1)c1ccc(C)cc1. The molecule has 2 N–H and O–H groups in total. The number of carbonyl (C=O) groups excluding carboxylic acids is 1. The van der Waals surface area contributed by atoms with Crippen LogP contribution in [0.2, 0.25) is 0 Å². The van der Waals surface area contributed by atoms with Crippen molar-refractivity contribution in [3.63, 3.8) is 0 Å². The molecule has 0 bridgehead atoms. The summed E-state index contributed by atoms with van der Waals surface area (Å²) in [5, 5.41) is 19.4. The van der Waals surface area contributed by atoms with Gasteiger partial charge in [-0.2, -0.15) is 0 Å². The van der Waals surface area contributed by atoms with Gasteiger partial charge in [-0.1, -0.05) is 48.9 Å². The van der Waals surface area contributed by atoms with Crippen molar-refractivity contribution in [1.29, 1.82) is 0 Å². The van der Waals surface area contributed by atoms with E-state index in [2.05, 4.69) is 49.9 Å². The monoisotopic (exact) mass is 447 g/mol. The number of esters is 1. The number of nitrogens with zero attached hydrogens (tertiary/aromatic N) is 1. The van der Waals surface area contributed by atoms with Crippen LogP contribution in [0.3, 0.4) is 0 Å². The van der Waals surface area contributed by atoms with Gasteiger partial charge in [0.05, 0.1) is 6.54 Å². The van der Waals surface area contributed by atoms with Crippen LogP contribution in [0.25, 0.3) is 0 Å². The van der Waals surface area contributed by atoms with E-state index in [9.17, 15) is 15.0 Å². The van der Waals surface area contributed by atoms with Crippen molar-refractivity contribution in [3.8, 4) is 11.5 Å². The van der Waals surface area contributed by atoms with Gasteiger partial charge in [-0.05, 0) is 67.8 Å². The van der Waals surface area contributed by atoms with E-state index in [1.165, 1.54) is 5.56 Å². The number of ether oxygens (including phenoxy) is 1. The molecule has 0 radical (unpaired) electrons. The fraction of sp³-hybridized carbons (Fsp3) is 0.321. The quantitative estimate of drug-likeness (QED) is 0.398. The van der Waals surface area contributed by atoms with Crippen LogP contribution in [0.1, 0.15) is 43.4 Å². The third kappa shape index (κ3) is 6.28. The molecule has 3 rings (SSSR count). The predicted molar refractivity (Wildman–Crippen MR) is 132 cm³/mol. The Hall–Kier alpha value is -3.47. The first-order chi connectivity index (χ1) is 15.8. The summed E-state index contributed by atoms with van der Waals surface area (Å²) in [6, 6.07) is 22.4. The molecule has 0 aliphatic carbocycles. The summed E-state index contributed by atoms with van der Waals surface area (Å²) < 4.78 is 5.56. The predicted octanol–water partition coefficient (Wildman–Crippen LogP) is 5.56. The Morgan fingerprint density at radius 3 is 1.88 bits per heavy atom. The van der Waals surface area contributed by atoms with Gasteiger partial charge in [-0.15, -0.1) is 0 Å². The molecule has 0 saturated carbocycles. The Balaban J connectivity index is 1.62. The largest absolute Gasteiger partial charge is 0.508 e. The first-order valence-corrected chi connectivity index (χ1v) is 11.4. The summed E-state index contributed by atoms with van der Waals surface area (Å²) in [6.07, 6.45) is 0.797. The molecule has 0 unspecified atom stereocenters. The minimum atomic E-state index is -0.474. The Bertz CT molecular complexity index is 982. The summed E-state index contributed by atoms with van der Waals surface area (Å²) in [7, 11) is 0. The average molecular weight is 448 g/mol. The van der Waals surface area contributed by atoms with E-state index in [1.807, 2.05) is 24.3 Å². The van der Waals surface area contributed by atoms with E-state index in [-0.39, 0.29) is 23.9 Å². The molecule has 0 fully saturated rings. The van der Waals surface area contributed by atoms with Gasteiger partial charge in [-0.25, -0.2) is 0 Å². The van der Waals surface area contributed by atoms with E-state index in [1.54, 1.807) is 24.3 Å². The maximum atomic E-state index is 12.6. The van der Waals surface area contributed by atoms with Crippen LogP contribution in [0, 0.1) is 6.92 Å². The van der Waals surface area contributed by atoms with Gasteiger partial charge < -0.3 is 19.8 Å². The molecule has 5 heteroatoms. The normalized spacial score (nSPS) is 11.2. The molecule has 3 aromatic carbocycles. The van der Waals surface area contributed by atoms with Crippen molar-refractivity contribution in [2.45, 2.75) is 39.0 Å². The average Bonchev–Trinajstić information content (AvgIpc) is 2.82. The number of hydrogen-bond acceptors (Lipinski definition) is 5. The fourth-order valence-electron chi connectivity index (χ4n) is 4.03. The summed E-state index contributed by atoms with van der Waals surface area (Å²) in [5.41, 5.74) is 3.82. The van der Waals surface area contributed by atoms with Crippen molar-refractivity contribution in [2.75, 3.05) is 24.6 Å². The lowest BCUT2D eigenvalue weighted by Gasteiger charge is -2.31. The molecular formula is C28H33NO4. The lowest BCUT2D eigenvalue weighted by Crippen LogP contribution is -2.29. The minimum Gasteiger partial charge on any atom is -0.508 e. The van der Waals surface area contributed by atoms with Gasteiger partial charge in [0.15, 0.2) is 0 Å². The number of carbonyl (C=O) groups is 1. The zero-order chi connectivity index (χ0) is 23.8. The van der Waals surface area contributed by atoms with Gasteiger partial charge >= 0.3 is 5.97 Å². The van der Waals surface area contributed by atoms with Crippen LogP contribution < -0.4 is 4.90 Å². The summed E-state index contributed by atoms with van der Waals surface area (Å²) in [6.45, 7) is 8.01. The van der Waals surface area contributed by atoms with Crippen LogP contribution in [-0.4, -0.2) is 35.9 Å². The van der Waals surface area contributed by atoms with Gasteiger partial charge in [0.1, 0.15) is 18.1 Å². The molecule has 0 heterocycles. The maximum Gasteiger partial charge on any atom is 0.305 e. The van der Waals surface area contributed by atoms with Crippen LogP contribution in [-0.2, 0) is 14.9 Å². The maximum absolute atomic E-state index is 12.6. The molecule has 0 aromatic heterocycles. The van der Waals surface area contributed by atoms with E-state index < -0.39 is 5.41 Å². The van der Waals surface area contributed by atoms with Crippen LogP contribution in [0.4, 0.5) is 5.69 Å². The Kier molecular flexibility index (Phi) is 7.99. The van der Waals surface area contributed by atoms with Crippen LogP contribution >= 0.6 is 0 Å². The van der Waals surface area contributed by atoms with E-state index in [0.717, 1.165) is 23.4 Å². The van der Waals surface area contributed by atoms with Crippen molar-refractivity contribution >= 4 is 11.7 Å². The smallest absolute Gasteiger partial charge is 0.305 e. The standard InChI is InChI=1S/C28H33NO4/c1-4-29(24-11-5-21(2)6-12-24)19-20-33-27(32)17-18-28(3,22-7-13-25(30)14-8-22)23-9-15-26(31)16-10-23/h5-16,30-31H,4,17-20H2,1-3H3. The highest BCUT2D eigenvalue weighted by Crippen LogP contribution is 2.37. The van der Waals surface area contributed by atoms with E-state index in [4.69, 9.17) is 4.74 Å². The lowest BCUT2D eigenvalue weighted by atomic mass is 9.73. The van der Waals surface area contributed by atoms with E-state index >= 15 is 0 Å².